The van der Waals surface area contributed by atoms with Crippen LogP contribution in [0.5, 0.6) is 0 Å². The van der Waals surface area contributed by atoms with Crippen LogP contribution in [0.25, 0.3) is 0 Å². The van der Waals surface area contributed by atoms with Crippen LogP contribution in [-0.2, 0) is 87.0 Å². The molecule has 12 nitrogen and oxygen atoms in total. The summed E-state index contributed by atoms with van der Waals surface area (Å²) in [4.78, 5) is 14.4. The highest BCUT2D eigenvalue weighted by atomic mass is 16.8. The number of hydrogen-bond acceptors (Lipinski definition) is 12. The van der Waals surface area contributed by atoms with E-state index < -0.39 is 67.4 Å². The molecule has 73 heavy (non-hydrogen) atoms. The molecular formula is C61H62O12. The van der Waals surface area contributed by atoms with Gasteiger partial charge in [0.25, 0.3) is 0 Å². The van der Waals surface area contributed by atoms with Gasteiger partial charge in [0.2, 0.25) is 0 Å². The second-order valence-electron chi connectivity index (χ2n) is 18.0. The molecule has 7 aromatic carbocycles. The number of carbonyl (C=O) groups excluding carboxylic acids is 1. The summed E-state index contributed by atoms with van der Waals surface area (Å²) in [7, 11) is 0. The quantitative estimate of drug-likeness (QED) is 0.0579. The van der Waals surface area contributed by atoms with Gasteiger partial charge in [0.15, 0.2) is 18.7 Å². The number of benzene rings is 7. The predicted octanol–water partition coefficient (Wildman–Crippen LogP) is 9.81. The van der Waals surface area contributed by atoms with Gasteiger partial charge in [0.1, 0.15) is 42.7 Å². The molecule has 1 N–H and O–H groups in total. The van der Waals surface area contributed by atoms with Crippen LogP contribution >= 0.6 is 0 Å². The van der Waals surface area contributed by atoms with Crippen molar-refractivity contribution in [1.29, 1.82) is 0 Å². The Morgan fingerprint density at radius 1 is 0.370 bits per heavy atom. The van der Waals surface area contributed by atoms with Gasteiger partial charge in [-0.15, -0.1) is 0 Å². The Morgan fingerprint density at radius 2 is 0.685 bits per heavy atom. The van der Waals surface area contributed by atoms with E-state index >= 15 is 0 Å². The first kappa shape index (κ1) is 51.5. The summed E-state index contributed by atoms with van der Waals surface area (Å²) in [6, 6.07) is 67.3. The maximum absolute atomic E-state index is 14.4. The van der Waals surface area contributed by atoms with E-state index in [0.29, 0.717) is 12.2 Å². The second kappa shape index (κ2) is 27.1. The molecule has 7 aromatic rings. The molecule has 0 unspecified atom stereocenters. The van der Waals surface area contributed by atoms with Crippen molar-refractivity contribution in [3.63, 3.8) is 0 Å². The third kappa shape index (κ3) is 14.9. The monoisotopic (exact) mass is 986 g/mol. The van der Waals surface area contributed by atoms with Crippen molar-refractivity contribution in [2.45, 2.75) is 101 Å². The van der Waals surface area contributed by atoms with Crippen molar-refractivity contribution in [2.75, 3.05) is 13.2 Å². The van der Waals surface area contributed by atoms with Gasteiger partial charge < -0.3 is 52.5 Å². The van der Waals surface area contributed by atoms with Gasteiger partial charge in [0, 0.05) is 0 Å². The van der Waals surface area contributed by atoms with Crippen molar-refractivity contribution < 1.29 is 57.3 Å². The molecule has 10 atom stereocenters. The van der Waals surface area contributed by atoms with E-state index in [1.165, 1.54) is 0 Å². The molecule has 2 fully saturated rings. The molecule has 2 heterocycles. The molecule has 2 aliphatic heterocycles. The first-order chi connectivity index (χ1) is 36.0. The van der Waals surface area contributed by atoms with Gasteiger partial charge in [0.05, 0.1) is 58.4 Å². The molecule has 378 valence electrons. The van der Waals surface area contributed by atoms with Crippen LogP contribution in [0.4, 0.5) is 0 Å². The van der Waals surface area contributed by atoms with Gasteiger partial charge in [-0.05, 0) is 45.5 Å². The fourth-order valence-corrected chi connectivity index (χ4v) is 8.93. The molecule has 2 saturated heterocycles. The Balaban J connectivity index is 1.09. The molecule has 12 heteroatoms. The van der Waals surface area contributed by atoms with Crippen LogP contribution in [-0.4, -0.2) is 85.7 Å². The summed E-state index contributed by atoms with van der Waals surface area (Å²) in [5, 5.41) is 12.3. The number of hydrogen-bond donors (Lipinski definition) is 1. The summed E-state index contributed by atoms with van der Waals surface area (Å²) in [6.45, 7) is 1.28. The standard InChI is InChI=1S/C61H62O12/c62-59(50-34-20-7-21-35-50)72-58-56(69-41-49-32-18-6-19-33-49)54(67-39-47-28-14-4-15-29-47)52(43-65-37-45-24-10-2-11-25-45)71-61(58)73-57-55(68-40-48-30-16-5-17-31-48)53(66-38-46-26-12-3-13-27-46)51(70-60(57)63)42-64-36-44-22-8-1-9-23-44/h1-35,51-58,60-61,63H,36-43H2/t51-,52-,53-,54-,55+,56+,57+,58+,60+,61-/m1/s1. The number of ether oxygens (including phenoxy) is 10. The lowest BCUT2D eigenvalue weighted by Crippen LogP contribution is -2.66. The number of carbonyl (C=O) groups is 1. The minimum atomic E-state index is -1.61. The maximum atomic E-state index is 14.4. The summed E-state index contributed by atoms with van der Waals surface area (Å²) in [5.41, 5.74) is 5.82. The Morgan fingerprint density at radius 3 is 1.07 bits per heavy atom. The summed E-state index contributed by atoms with van der Waals surface area (Å²) >= 11 is 0. The topological polar surface area (TPSA) is 130 Å². The first-order valence-electron chi connectivity index (χ1n) is 24.8. The minimum absolute atomic E-state index is 0.0278. The third-order valence-electron chi connectivity index (χ3n) is 12.7. The number of aliphatic hydroxyl groups excluding tert-OH is 1. The molecule has 9 rings (SSSR count). The van der Waals surface area contributed by atoms with E-state index in [1.54, 1.807) is 24.3 Å². The third-order valence-corrected chi connectivity index (χ3v) is 12.7. The highest BCUT2D eigenvalue weighted by Crippen LogP contribution is 2.36. The molecular weight excluding hydrogens is 925 g/mol. The van der Waals surface area contributed by atoms with Crippen LogP contribution in [0.3, 0.4) is 0 Å². The Labute approximate surface area is 427 Å². The highest BCUT2D eigenvalue weighted by Gasteiger charge is 2.55. The van der Waals surface area contributed by atoms with Gasteiger partial charge in [-0.1, -0.05) is 200 Å². The van der Waals surface area contributed by atoms with Crippen LogP contribution in [0.2, 0.25) is 0 Å². The number of rotatable bonds is 24. The zero-order valence-corrected chi connectivity index (χ0v) is 40.6. The summed E-state index contributed by atoms with van der Waals surface area (Å²) in [5.74, 6) is -0.645. The zero-order chi connectivity index (χ0) is 49.9. The van der Waals surface area contributed by atoms with Crippen molar-refractivity contribution in [3.8, 4) is 0 Å². The van der Waals surface area contributed by atoms with Crippen LogP contribution < -0.4 is 0 Å². The fraction of sp³-hybridized carbons (Fsp3) is 0.295. The fourth-order valence-electron chi connectivity index (χ4n) is 8.93. The average molecular weight is 987 g/mol. The van der Waals surface area contributed by atoms with Crippen LogP contribution in [0, 0.1) is 0 Å². The normalized spacial score (nSPS) is 23.9. The van der Waals surface area contributed by atoms with Crippen LogP contribution in [0.15, 0.2) is 212 Å². The minimum Gasteiger partial charge on any atom is -0.450 e. The average Bonchev–Trinajstić information content (AvgIpc) is 3.44. The Bertz CT molecular complexity index is 2630. The molecule has 0 aliphatic carbocycles. The van der Waals surface area contributed by atoms with E-state index in [-0.39, 0.29) is 46.2 Å². The molecule has 0 bridgehead atoms. The lowest BCUT2D eigenvalue weighted by molar-refractivity contribution is -0.374. The van der Waals surface area contributed by atoms with Gasteiger partial charge in [-0.2, -0.15) is 0 Å². The summed E-state index contributed by atoms with van der Waals surface area (Å²) in [6.07, 6.45) is -11.1. The van der Waals surface area contributed by atoms with Crippen LogP contribution in [0.1, 0.15) is 43.7 Å². The van der Waals surface area contributed by atoms with Crippen molar-refractivity contribution >= 4 is 5.97 Å². The first-order valence-corrected chi connectivity index (χ1v) is 24.8. The van der Waals surface area contributed by atoms with Crippen molar-refractivity contribution in [1.82, 2.24) is 0 Å². The molecule has 2 aliphatic rings. The predicted molar refractivity (Wildman–Crippen MR) is 272 cm³/mol. The smallest absolute Gasteiger partial charge is 0.338 e. The molecule has 0 saturated carbocycles. The summed E-state index contributed by atoms with van der Waals surface area (Å²) < 4.78 is 67.2. The second-order valence-corrected chi connectivity index (χ2v) is 18.0. The van der Waals surface area contributed by atoms with E-state index in [9.17, 15) is 9.90 Å². The van der Waals surface area contributed by atoms with Gasteiger partial charge in [-0.25, -0.2) is 4.79 Å². The molecule has 0 radical (unpaired) electrons. The Hall–Kier alpha value is -6.39. The maximum Gasteiger partial charge on any atom is 0.338 e. The van der Waals surface area contributed by atoms with E-state index in [4.69, 9.17) is 47.4 Å². The molecule has 0 amide bonds. The SMILES string of the molecule is O=C(O[C@@H]1[C@@H](O[C@H]2[C@@H](OCc3ccccc3)[C@H](OCc3ccccc3)[C@@H](COCc3ccccc3)O[C@@H]2O)O[C@H](COCc2ccccc2)[C@@H](OCc2ccccc2)[C@@H]1OCc1ccccc1)c1ccccc1. The largest absolute Gasteiger partial charge is 0.450 e. The zero-order valence-electron chi connectivity index (χ0n) is 40.6. The van der Waals surface area contributed by atoms with Crippen molar-refractivity contribution in [3.05, 3.63) is 251 Å². The van der Waals surface area contributed by atoms with Gasteiger partial charge in [-0.3, -0.25) is 0 Å². The molecule has 0 aromatic heterocycles. The highest BCUT2D eigenvalue weighted by molar-refractivity contribution is 5.89. The number of esters is 1. The van der Waals surface area contributed by atoms with Gasteiger partial charge >= 0.3 is 5.97 Å². The lowest BCUT2D eigenvalue weighted by atomic mass is 9.96. The van der Waals surface area contributed by atoms with Crippen molar-refractivity contribution in [2.24, 2.45) is 0 Å². The number of aliphatic hydroxyl groups is 1. The van der Waals surface area contributed by atoms with E-state index in [1.807, 2.05) is 188 Å². The molecule has 0 spiro atoms. The Kier molecular flexibility index (Phi) is 19.1. The van der Waals surface area contributed by atoms with E-state index in [0.717, 1.165) is 33.4 Å². The lowest BCUT2D eigenvalue weighted by Gasteiger charge is -2.49. The van der Waals surface area contributed by atoms with E-state index in [2.05, 4.69) is 0 Å².